The Morgan fingerprint density at radius 3 is 2.63 bits per heavy atom. The van der Waals surface area contributed by atoms with E-state index in [1.165, 1.54) is 17.5 Å². The second-order valence-electron chi connectivity index (χ2n) is 5.48. The van der Waals surface area contributed by atoms with Gasteiger partial charge in [-0.25, -0.2) is 0 Å². The van der Waals surface area contributed by atoms with E-state index in [9.17, 15) is 0 Å². The Balaban J connectivity index is 2.33. The SMILES string of the molecule is COc1ccc(CCN(C)CCCC(C)N)cc1C. The summed E-state index contributed by atoms with van der Waals surface area (Å²) >= 11 is 0. The first-order valence-electron chi connectivity index (χ1n) is 7.10. The van der Waals surface area contributed by atoms with Crippen LogP contribution in [-0.2, 0) is 6.42 Å². The minimum Gasteiger partial charge on any atom is -0.496 e. The Hall–Kier alpha value is -1.06. The highest BCUT2D eigenvalue weighted by Crippen LogP contribution is 2.18. The summed E-state index contributed by atoms with van der Waals surface area (Å²) in [7, 11) is 3.89. The topological polar surface area (TPSA) is 38.5 Å². The van der Waals surface area contributed by atoms with Crippen molar-refractivity contribution in [3.05, 3.63) is 29.3 Å². The standard InChI is InChI=1S/C16H28N2O/c1-13-12-15(7-8-16(13)19-4)9-11-18(3)10-5-6-14(2)17/h7-8,12,14H,5-6,9-11,17H2,1-4H3. The van der Waals surface area contributed by atoms with E-state index in [0.29, 0.717) is 6.04 Å². The molecule has 0 fully saturated rings. The van der Waals surface area contributed by atoms with Crippen LogP contribution in [0.4, 0.5) is 0 Å². The van der Waals surface area contributed by atoms with Crippen molar-refractivity contribution in [2.24, 2.45) is 5.73 Å². The predicted molar refractivity (Wildman–Crippen MR) is 81.8 cm³/mol. The van der Waals surface area contributed by atoms with E-state index in [1.807, 2.05) is 0 Å². The van der Waals surface area contributed by atoms with E-state index < -0.39 is 0 Å². The Labute approximate surface area is 117 Å². The van der Waals surface area contributed by atoms with Crippen molar-refractivity contribution in [1.29, 1.82) is 0 Å². The van der Waals surface area contributed by atoms with Crippen LogP contribution in [0.1, 0.15) is 30.9 Å². The molecule has 3 heteroatoms. The molecule has 1 atom stereocenters. The lowest BCUT2D eigenvalue weighted by atomic mass is 10.1. The van der Waals surface area contributed by atoms with E-state index in [4.69, 9.17) is 10.5 Å². The summed E-state index contributed by atoms with van der Waals surface area (Å²) in [6.45, 7) is 6.37. The Bertz CT molecular complexity index is 377. The van der Waals surface area contributed by atoms with Gasteiger partial charge in [0.1, 0.15) is 5.75 Å². The average Bonchev–Trinajstić information content (AvgIpc) is 2.36. The normalized spacial score (nSPS) is 12.7. The van der Waals surface area contributed by atoms with Gasteiger partial charge in [0.15, 0.2) is 0 Å². The third-order valence-electron chi connectivity index (χ3n) is 3.44. The molecular weight excluding hydrogens is 236 g/mol. The summed E-state index contributed by atoms with van der Waals surface area (Å²) in [6, 6.07) is 6.74. The third kappa shape index (κ3) is 6.08. The maximum absolute atomic E-state index is 5.76. The van der Waals surface area contributed by atoms with Crippen molar-refractivity contribution >= 4 is 0 Å². The molecule has 0 aliphatic heterocycles. The van der Waals surface area contributed by atoms with E-state index in [1.54, 1.807) is 7.11 Å². The Kier molecular flexibility index (Phi) is 6.89. The zero-order chi connectivity index (χ0) is 14.3. The highest BCUT2D eigenvalue weighted by atomic mass is 16.5. The molecule has 0 aliphatic carbocycles. The van der Waals surface area contributed by atoms with Gasteiger partial charge in [0.05, 0.1) is 7.11 Å². The van der Waals surface area contributed by atoms with Gasteiger partial charge in [0.2, 0.25) is 0 Å². The highest BCUT2D eigenvalue weighted by Gasteiger charge is 2.03. The summed E-state index contributed by atoms with van der Waals surface area (Å²) in [6.07, 6.45) is 3.36. The molecule has 0 saturated carbocycles. The lowest BCUT2D eigenvalue weighted by Crippen LogP contribution is -2.24. The summed E-state index contributed by atoms with van der Waals surface area (Å²) in [5, 5.41) is 0. The van der Waals surface area contributed by atoms with Crippen molar-refractivity contribution in [3.8, 4) is 5.75 Å². The number of methoxy groups -OCH3 is 1. The number of hydrogen-bond acceptors (Lipinski definition) is 3. The summed E-state index contributed by atoms with van der Waals surface area (Å²) in [5.41, 5.74) is 8.34. The molecule has 0 heterocycles. The minimum absolute atomic E-state index is 0.317. The van der Waals surface area contributed by atoms with Crippen LogP contribution in [-0.4, -0.2) is 38.2 Å². The van der Waals surface area contributed by atoms with E-state index in [-0.39, 0.29) is 0 Å². The number of benzene rings is 1. The van der Waals surface area contributed by atoms with Gasteiger partial charge in [0.25, 0.3) is 0 Å². The van der Waals surface area contributed by atoms with Crippen LogP contribution >= 0.6 is 0 Å². The molecule has 1 aromatic carbocycles. The maximum atomic E-state index is 5.76. The summed E-state index contributed by atoms with van der Waals surface area (Å²) < 4.78 is 5.28. The van der Waals surface area contributed by atoms with Gasteiger partial charge < -0.3 is 15.4 Å². The van der Waals surface area contributed by atoms with Gasteiger partial charge in [0, 0.05) is 12.6 Å². The monoisotopic (exact) mass is 264 g/mol. The van der Waals surface area contributed by atoms with Crippen LogP contribution in [0.2, 0.25) is 0 Å². The minimum atomic E-state index is 0.317. The first kappa shape index (κ1) is 16.0. The van der Waals surface area contributed by atoms with Crippen LogP contribution in [0.25, 0.3) is 0 Å². The Morgan fingerprint density at radius 2 is 2.05 bits per heavy atom. The van der Waals surface area contributed by atoms with Crippen LogP contribution in [0.5, 0.6) is 5.75 Å². The Morgan fingerprint density at radius 1 is 1.32 bits per heavy atom. The molecule has 0 amide bonds. The van der Waals surface area contributed by atoms with Crippen molar-refractivity contribution in [3.63, 3.8) is 0 Å². The highest BCUT2D eigenvalue weighted by molar-refractivity contribution is 5.36. The molecule has 1 unspecified atom stereocenters. The van der Waals surface area contributed by atoms with Crippen molar-refractivity contribution in [2.75, 3.05) is 27.2 Å². The molecule has 0 radical (unpaired) electrons. The lowest BCUT2D eigenvalue weighted by molar-refractivity contribution is 0.326. The van der Waals surface area contributed by atoms with Gasteiger partial charge in [-0.15, -0.1) is 0 Å². The molecule has 19 heavy (non-hydrogen) atoms. The lowest BCUT2D eigenvalue weighted by Gasteiger charge is -2.17. The van der Waals surface area contributed by atoms with Crippen molar-refractivity contribution in [2.45, 2.75) is 39.2 Å². The molecule has 0 aliphatic rings. The third-order valence-corrected chi connectivity index (χ3v) is 3.44. The van der Waals surface area contributed by atoms with Crippen LogP contribution < -0.4 is 10.5 Å². The first-order valence-corrected chi connectivity index (χ1v) is 7.10. The number of aryl methyl sites for hydroxylation is 1. The fraction of sp³-hybridized carbons (Fsp3) is 0.625. The number of hydrogen-bond donors (Lipinski definition) is 1. The molecule has 3 nitrogen and oxygen atoms in total. The molecule has 0 spiro atoms. The molecule has 0 aromatic heterocycles. The zero-order valence-electron chi connectivity index (χ0n) is 12.8. The first-order chi connectivity index (χ1) is 9.02. The number of nitrogens with zero attached hydrogens (tertiary/aromatic N) is 1. The van der Waals surface area contributed by atoms with Crippen LogP contribution in [0.3, 0.4) is 0 Å². The largest absolute Gasteiger partial charge is 0.496 e. The second-order valence-corrected chi connectivity index (χ2v) is 5.48. The molecule has 2 N–H and O–H groups in total. The molecule has 0 saturated heterocycles. The van der Waals surface area contributed by atoms with Gasteiger partial charge in [-0.3, -0.25) is 0 Å². The fourth-order valence-corrected chi connectivity index (χ4v) is 2.21. The van der Waals surface area contributed by atoms with Gasteiger partial charge in [-0.05, 0) is 63.9 Å². The van der Waals surface area contributed by atoms with Crippen LogP contribution in [0.15, 0.2) is 18.2 Å². The second kappa shape index (κ2) is 8.18. The zero-order valence-corrected chi connectivity index (χ0v) is 12.8. The maximum Gasteiger partial charge on any atom is 0.121 e. The molecule has 1 aromatic rings. The van der Waals surface area contributed by atoms with Crippen LogP contribution in [0, 0.1) is 6.92 Å². The average molecular weight is 264 g/mol. The van der Waals surface area contributed by atoms with E-state index in [2.05, 4.69) is 44.0 Å². The smallest absolute Gasteiger partial charge is 0.121 e. The number of likely N-dealkylation sites (N-methyl/N-ethyl adjacent to an activating group) is 1. The number of ether oxygens (including phenoxy) is 1. The van der Waals surface area contributed by atoms with Gasteiger partial charge in [-0.2, -0.15) is 0 Å². The van der Waals surface area contributed by atoms with Gasteiger partial charge in [-0.1, -0.05) is 12.1 Å². The molecule has 0 bridgehead atoms. The quantitative estimate of drug-likeness (QED) is 0.784. The van der Waals surface area contributed by atoms with Gasteiger partial charge >= 0.3 is 0 Å². The van der Waals surface area contributed by atoms with E-state index in [0.717, 1.165) is 31.7 Å². The number of rotatable bonds is 8. The molecule has 108 valence electrons. The predicted octanol–water partition coefficient (Wildman–Crippen LogP) is 2.61. The van der Waals surface area contributed by atoms with Crippen molar-refractivity contribution < 1.29 is 4.74 Å². The molecule has 1 rings (SSSR count). The number of nitrogens with two attached hydrogens (primary N) is 1. The summed E-state index contributed by atoms with van der Waals surface area (Å²) in [4.78, 5) is 2.38. The molecular formula is C16H28N2O. The van der Waals surface area contributed by atoms with Crippen molar-refractivity contribution in [1.82, 2.24) is 4.90 Å². The van der Waals surface area contributed by atoms with E-state index >= 15 is 0 Å². The summed E-state index contributed by atoms with van der Waals surface area (Å²) in [5.74, 6) is 0.967. The fourth-order valence-electron chi connectivity index (χ4n) is 2.21.